The summed E-state index contributed by atoms with van der Waals surface area (Å²) in [6.45, 7) is 9.62. The Morgan fingerprint density at radius 3 is 2.42 bits per heavy atom. The smallest absolute Gasteiger partial charge is 0.382 e. The van der Waals surface area contributed by atoms with Gasteiger partial charge in [0.15, 0.2) is 5.92 Å². The van der Waals surface area contributed by atoms with Crippen molar-refractivity contribution in [3.05, 3.63) is 29.3 Å². The quantitative estimate of drug-likeness (QED) is 0.583. The third kappa shape index (κ3) is 4.68. The predicted octanol–water partition coefficient (Wildman–Crippen LogP) is 2.90. The molecule has 0 aromatic heterocycles. The van der Waals surface area contributed by atoms with Crippen molar-refractivity contribution in [3.8, 4) is 0 Å². The van der Waals surface area contributed by atoms with E-state index in [1.54, 1.807) is 4.90 Å². The third-order valence-corrected chi connectivity index (χ3v) is 6.57. The lowest BCUT2D eigenvalue weighted by molar-refractivity contribution is -0.201. The van der Waals surface area contributed by atoms with E-state index in [0.717, 1.165) is 29.7 Å². The van der Waals surface area contributed by atoms with Crippen LogP contribution in [-0.2, 0) is 17.9 Å². The summed E-state index contributed by atoms with van der Waals surface area (Å²) in [7, 11) is 0. The zero-order chi connectivity index (χ0) is 22.6. The number of fused-ring (bicyclic) bond motifs is 1. The van der Waals surface area contributed by atoms with Crippen LogP contribution in [0.25, 0.3) is 0 Å². The van der Waals surface area contributed by atoms with Crippen LogP contribution in [0.2, 0.25) is 0 Å². The second-order valence-corrected chi connectivity index (χ2v) is 10.4. The van der Waals surface area contributed by atoms with Gasteiger partial charge < -0.3 is 10.6 Å². The van der Waals surface area contributed by atoms with Crippen LogP contribution < -0.4 is 21.5 Å². The standard InChI is InChI=1S/C22H32F3N5O/c1-20(2)8-14(9-21(3,4)29-20)27-16-7-5-6-13-11-30(12-15(13)16)17-10-26-28-19(31)18(17)22(23,24)25/h5-7,14,17-18,26-27,29H,8-12H2,1-4H3,(H,28,31). The number of hydrazine groups is 1. The van der Waals surface area contributed by atoms with E-state index in [0.29, 0.717) is 13.1 Å². The highest BCUT2D eigenvalue weighted by atomic mass is 19.4. The minimum Gasteiger partial charge on any atom is -0.382 e. The van der Waals surface area contributed by atoms with Gasteiger partial charge in [-0.2, -0.15) is 13.2 Å². The van der Waals surface area contributed by atoms with Gasteiger partial charge in [0.1, 0.15) is 0 Å². The fourth-order valence-electron chi connectivity index (χ4n) is 5.78. The van der Waals surface area contributed by atoms with E-state index in [2.05, 4.69) is 49.2 Å². The molecule has 2 atom stereocenters. The second-order valence-electron chi connectivity index (χ2n) is 10.4. The zero-order valence-corrected chi connectivity index (χ0v) is 18.5. The van der Waals surface area contributed by atoms with Gasteiger partial charge in [0, 0.05) is 48.5 Å². The fraction of sp³-hybridized carbons (Fsp3) is 0.682. The number of rotatable bonds is 3. The third-order valence-electron chi connectivity index (χ3n) is 6.57. The molecule has 3 aliphatic rings. The highest BCUT2D eigenvalue weighted by molar-refractivity contribution is 5.80. The molecule has 0 saturated carbocycles. The molecular weight excluding hydrogens is 407 g/mol. The van der Waals surface area contributed by atoms with Crippen molar-refractivity contribution in [1.29, 1.82) is 0 Å². The Hall–Kier alpha value is -1.84. The number of nitrogens with one attached hydrogen (secondary N) is 4. The summed E-state index contributed by atoms with van der Waals surface area (Å²) in [5, 5.41) is 7.36. The van der Waals surface area contributed by atoms with E-state index in [-0.39, 0.29) is 23.7 Å². The maximum absolute atomic E-state index is 13.6. The number of amides is 1. The number of hydrogen-bond donors (Lipinski definition) is 4. The molecule has 2 fully saturated rings. The number of carbonyl (C=O) groups excluding carboxylic acids is 1. The molecule has 1 amide bonds. The van der Waals surface area contributed by atoms with E-state index in [9.17, 15) is 18.0 Å². The van der Waals surface area contributed by atoms with Gasteiger partial charge >= 0.3 is 6.18 Å². The Morgan fingerprint density at radius 1 is 1.10 bits per heavy atom. The van der Waals surface area contributed by atoms with Crippen molar-refractivity contribution in [1.82, 2.24) is 21.1 Å². The topological polar surface area (TPSA) is 68.4 Å². The van der Waals surface area contributed by atoms with Crippen molar-refractivity contribution < 1.29 is 18.0 Å². The number of benzene rings is 1. The number of anilines is 1. The van der Waals surface area contributed by atoms with Gasteiger partial charge in [-0.15, -0.1) is 0 Å². The lowest BCUT2D eigenvalue weighted by atomic mass is 9.79. The van der Waals surface area contributed by atoms with E-state index >= 15 is 0 Å². The van der Waals surface area contributed by atoms with Gasteiger partial charge in [0.05, 0.1) is 0 Å². The first-order chi connectivity index (χ1) is 14.3. The Bertz CT molecular complexity index is 838. The number of piperidine rings is 1. The Kier molecular flexibility index (Phi) is 5.51. The number of carbonyl (C=O) groups is 1. The second kappa shape index (κ2) is 7.64. The Labute approximate surface area is 181 Å². The molecule has 9 heteroatoms. The van der Waals surface area contributed by atoms with Crippen molar-refractivity contribution in [2.75, 3.05) is 11.9 Å². The molecule has 0 aliphatic carbocycles. The molecule has 172 valence electrons. The van der Waals surface area contributed by atoms with Gasteiger partial charge in [-0.3, -0.25) is 15.1 Å². The van der Waals surface area contributed by atoms with Crippen LogP contribution in [0, 0.1) is 5.92 Å². The average Bonchev–Trinajstić information content (AvgIpc) is 3.03. The Balaban J connectivity index is 1.54. The van der Waals surface area contributed by atoms with E-state index in [4.69, 9.17) is 0 Å². The summed E-state index contributed by atoms with van der Waals surface area (Å²) in [5.74, 6) is -3.05. The van der Waals surface area contributed by atoms with Crippen LogP contribution in [0.1, 0.15) is 51.7 Å². The van der Waals surface area contributed by atoms with Crippen LogP contribution in [0.5, 0.6) is 0 Å². The van der Waals surface area contributed by atoms with Gasteiger partial charge in [0.2, 0.25) is 5.91 Å². The van der Waals surface area contributed by atoms with Gasteiger partial charge in [-0.1, -0.05) is 12.1 Å². The van der Waals surface area contributed by atoms with Crippen LogP contribution in [0.4, 0.5) is 18.9 Å². The average molecular weight is 440 g/mol. The minimum absolute atomic E-state index is 0.00946. The van der Waals surface area contributed by atoms with Crippen LogP contribution in [-0.4, -0.2) is 46.7 Å². The normalized spacial score (nSPS) is 28.8. The number of nitrogens with zero attached hydrogens (tertiary/aromatic N) is 1. The fourth-order valence-corrected chi connectivity index (χ4v) is 5.78. The van der Waals surface area contributed by atoms with Crippen molar-refractivity contribution in [2.45, 2.75) is 83.0 Å². The molecule has 2 unspecified atom stereocenters. The molecular formula is C22H32F3N5O. The molecule has 31 heavy (non-hydrogen) atoms. The van der Waals surface area contributed by atoms with Crippen molar-refractivity contribution in [3.63, 3.8) is 0 Å². The van der Waals surface area contributed by atoms with Crippen LogP contribution >= 0.6 is 0 Å². The van der Waals surface area contributed by atoms with Crippen molar-refractivity contribution >= 4 is 11.6 Å². The highest BCUT2D eigenvalue weighted by Crippen LogP contribution is 2.39. The minimum atomic E-state index is -4.58. The summed E-state index contributed by atoms with van der Waals surface area (Å²) >= 11 is 0. The maximum atomic E-state index is 13.6. The van der Waals surface area contributed by atoms with E-state index in [1.807, 2.05) is 18.2 Å². The molecule has 0 spiro atoms. The molecule has 3 aliphatic heterocycles. The summed E-state index contributed by atoms with van der Waals surface area (Å²) in [6.07, 6.45) is -2.68. The summed E-state index contributed by atoms with van der Waals surface area (Å²) in [4.78, 5) is 13.8. The molecule has 6 nitrogen and oxygen atoms in total. The summed E-state index contributed by atoms with van der Waals surface area (Å²) in [6, 6.07) is 5.25. The van der Waals surface area contributed by atoms with Gasteiger partial charge in [-0.05, 0) is 57.7 Å². The van der Waals surface area contributed by atoms with Crippen molar-refractivity contribution in [2.24, 2.45) is 5.92 Å². The molecule has 1 aromatic rings. The number of hydrogen-bond acceptors (Lipinski definition) is 5. The molecule has 0 radical (unpaired) electrons. The van der Waals surface area contributed by atoms with Crippen LogP contribution in [0.3, 0.4) is 0 Å². The SMILES string of the molecule is CC1(C)CC(Nc2cccc3c2CN(C2CNNC(=O)C2C(F)(F)F)C3)CC(C)(C)N1. The lowest BCUT2D eigenvalue weighted by Crippen LogP contribution is -2.63. The Morgan fingerprint density at radius 2 is 1.77 bits per heavy atom. The first-order valence-electron chi connectivity index (χ1n) is 10.8. The van der Waals surface area contributed by atoms with E-state index < -0.39 is 24.0 Å². The highest BCUT2D eigenvalue weighted by Gasteiger charge is 2.53. The largest absolute Gasteiger partial charge is 0.402 e. The van der Waals surface area contributed by atoms with E-state index in [1.165, 1.54) is 0 Å². The summed E-state index contributed by atoms with van der Waals surface area (Å²) < 4.78 is 40.9. The molecule has 1 aromatic carbocycles. The monoisotopic (exact) mass is 439 g/mol. The predicted molar refractivity (Wildman–Crippen MR) is 113 cm³/mol. The van der Waals surface area contributed by atoms with Gasteiger partial charge in [-0.25, -0.2) is 5.43 Å². The maximum Gasteiger partial charge on any atom is 0.402 e. The van der Waals surface area contributed by atoms with Gasteiger partial charge in [0.25, 0.3) is 0 Å². The molecule has 4 rings (SSSR count). The number of halogens is 3. The first kappa shape index (κ1) is 22.4. The number of alkyl halides is 3. The molecule has 4 N–H and O–H groups in total. The molecule has 3 heterocycles. The molecule has 0 bridgehead atoms. The lowest BCUT2D eigenvalue weighted by Gasteiger charge is -2.47. The zero-order valence-electron chi connectivity index (χ0n) is 18.5. The summed E-state index contributed by atoms with van der Waals surface area (Å²) in [5.41, 5.74) is 7.78. The molecule has 2 saturated heterocycles. The van der Waals surface area contributed by atoms with Crippen LogP contribution in [0.15, 0.2) is 18.2 Å². The first-order valence-corrected chi connectivity index (χ1v) is 10.8.